The SMILES string of the molecule is Cc1ccc(CN(Cc2ccco2)C(=O)C2CCOC2)s1. The number of thiophene rings is 1. The maximum absolute atomic E-state index is 12.7. The van der Waals surface area contributed by atoms with E-state index in [0.29, 0.717) is 26.3 Å². The molecule has 3 rings (SSSR count). The average Bonchev–Trinajstić information content (AvgIpc) is 3.19. The maximum Gasteiger partial charge on any atom is 0.228 e. The van der Waals surface area contributed by atoms with Crippen LogP contribution in [0.25, 0.3) is 0 Å². The monoisotopic (exact) mass is 305 g/mol. The van der Waals surface area contributed by atoms with Gasteiger partial charge in [0.2, 0.25) is 5.91 Å². The molecule has 0 spiro atoms. The molecule has 0 bridgehead atoms. The Morgan fingerprint density at radius 3 is 2.90 bits per heavy atom. The number of rotatable bonds is 5. The van der Waals surface area contributed by atoms with Crippen molar-refractivity contribution < 1.29 is 13.9 Å². The highest BCUT2D eigenvalue weighted by atomic mass is 32.1. The average molecular weight is 305 g/mol. The van der Waals surface area contributed by atoms with Crippen LogP contribution in [-0.2, 0) is 22.6 Å². The Labute approximate surface area is 128 Å². The van der Waals surface area contributed by atoms with Crippen LogP contribution in [0.5, 0.6) is 0 Å². The summed E-state index contributed by atoms with van der Waals surface area (Å²) < 4.78 is 10.7. The molecule has 4 nitrogen and oxygen atoms in total. The van der Waals surface area contributed by atoms with Crippen molar-refractivity contribution in [2.24, 2.45) is 5.92 Å². The van der Waals surface area contributed by atoms with Crippen molar-refractivity contribution in [3.8, 4) is 0 Å². The Hall–Kier alpha value is -1.59. The van der Waals surface area contributed by atoms with Gasteiger partial charge in [0.25, 0.3) is 0 Å². The molecule has 2 aromatic rings. The number of ether oxygens (including phenoxy) is 1. The number of aryl methyl sites for hydroxylation is 1. The van der Waals surface area contributed by atoms with Crippen LogP contribution in [0.4, 0.5) is 0 Å². The third-order valence-corrected chi connectivity index (χ3v) is 4.65. The Morgan fingerprint density at radius 2 is 2.29 bits per heavy atom. The van der Waals surface area contributed by atoms with Crippen molar-refractivity contribution in [2.45, 2.75) is 26.4 Å². The van der Waals surface area contributed by atoms with Crippen LogP contribution in [0.15, 0.2) is 34.9 Å². The highest BCUT2D eigenvalue weighted by molar-refractivity contribution is 7.11. The fourth-order valence-electron chi connectivity index (χ4n) is 2.55. The lowest BCUT2D eigenvalue weighted by Crippen LogP contribution is -2.35. The van der Waals surface area contributed by atoms with Gasteiger partial charge in [0.05, 0.1) is 31.9 Å². The first kappa shape index (κ1) is 14.4. The van der Waals surface area contributed by atoms with Crippen LogP contribution >= 0.6 is 11.3 Å². The summed E-state index contributed by atoms with van der Waals surface area (Å²) in [5, 5.41) is 0. The first-order valence-electron chi connectivity index (χ1n) is 7.16. The van der Waals surface area contributed by atoms with Crippen molar-refractivity contribution in [3.05, 3.63) is 46.0 Å². The van der Waals surface area contributed by atoms with Crippen LogP contribution in [0.1, 0.15) is 21.9 Å². The van der Waals surface area contributed by atoms with E-state index >= 15 is 0 Å². The molecule has 1 atom stereocenters. The third kappa shape index (κ3) is 3.54. The summed E-state index contributed by atoms with van der Waals surface area (Å²) in [6.45, 7) is 4.45. The van der Waals surface area contributed by atoms with E-state index in [1.807, 2.05) is 17.0 Å². The molecule has 0 N–H and O–H groups in total. The molecule has 1 aliphatic heterocycles. The molecular weight excluding hydrogens is 286 g/mol. The molecule has 1 fully saturated rings. The van der Waals surface area contributed by atoms with E-state index in [0.717, 1.165) is 12.2 Å². The number of amides is 1. The molecule has 0 aromatic carbocycles. The summed E-state index contributed by atoms with van der Waals surface area (Å²) >= 11 is 1.73. The summed E-state index contributed by atoms with van der Waals surface area (Å²) in [7, 11) is 0. The molecule has 1 unspecified atom stereocenters. The molecule has 5 heteroatoms. The van der Waals surface area contributed by atoms with E-state index in [-0.39, 0.29) is 11.8 Å². The van der Waals surface area contributed by atoms with Crippen molar-refractivity contribution in [3.63, 3.8) is 0 Å². The second-order valence-corrected chi connectivity index (χ2v) is 6.72. The lowest BCUT2D eigenvalue weighted by molar-refractivity contribution is -0.137. The van der Waals surface area contributed by atoms with E-state index in [4.69, 9.17) is 9.15 Å². The van der Waals surface area contributed by atoms with Gasteiger partial charge in [-0.3, -0.25) is 4.79 Å². The quantitative estimate of drug-likeness (QED) is 0.852. The first-order valence-corrected chi connectivity index (χ1v) is 7.98. The number of hydrogen-bond acceptors (Lipinski definition) is 4. The Morgan fingerprint density at radius 1 is 1.38 bits per heavy atom. The van der Waals surface area contributed by atoms with Crippen molar-refractivity contribution in [1.82, 2.24) is 4.90 Å². The maximum atomic E-state index is 12.7. The molecule has 3 heterocycles. The molecule has 1 amide bonds. The molecule has 0 radical (unpaired) electrons. The molecule has 2 aromatic heterocycles. The van der Waals surface area contributed by atoms with Gasteiger partial charge in [0.1, 0.15) is 5.76 Å². The Balaban J connectivity index is 1.74. The lowest BCUT2D eigenvalue weighted by atomic mass is 10.1. The first-order chi connectivity index (χ1) is 10.2. The topological polar surface area (TPSA) is 42.7 Å². The summed E-state index contributed by atoms with van der Waals surface area (Å²) in [6, 6.07) is 7.94. The van der Waals surface area contributed by atoms with Crippen molar-refractivity contribution >= 4 is 17.2 Å². The van der Waals surface area contributed by atoms with Gasteiger partial charge in [-0.2, -0.15) is 0 Å². The van der Waals surface area contributed by atoms with E-state index in [9.17, 15) is 4.79 Å². The summed E-state index contributed by atoms with van der Waals surface area (Å²) in [4.78, 5) is 17.0. The summed E-state index contributed by atoms with van der Waals surface area (Å²) in [6.07, 6.45) is 2.46. The minimum absolute atomic E-state index is 0.0129. The highest BCUT2D eigenvalue weighted by Crippen LogP contribution is 2.22. The molecule has 112 valence electrons. The van der Waals surface area contributed by atoms with Gasteiger partial charge < -0.3 is 14.1 Å². The van der Waals surface area contributed by atoms with Crippen LogP contribution in [0.3, 0.4) is 0 Å². The summed E-state index contributed by atoms with van der Waals surface area (Å²) in [5.74, 6) is 0.964. The standard InChI is InChI=1S/C16H19NO3S/c1-12-4-5-15(21-12)10-17(9-14-3-2-7-20-14)16(18)13-6-8-19-11-13/h2-5,7,13H,6,8-11H2,1H3. The van der Waals surface area contributed by atoms with E-state index in [1.54, 1.807) is 17.6 Å². The zero-order chi connectivity index (χ0) is 14.7. The molecule has 1 saturated heterocycles. The molecular formula is C16H19NO3S. The Kier molecular flexibility index (Phi) is 4.41. The smallest absolute Gasteiger partial charge is 0.228 e. The molecule has 21 heavy (non-hydrogen) atoms. The molecule has 0 saturated carbocycles. The van der Waals surface area contributed by atoms with Crippen molar-refractivity contribution in [2.75, 3.05) is 13.2 Å². The molecule has 1 aliphatic rings. The number of furan rings is 1. The second kappa shape index (κ2) is 6.45. The zero-order valence-corrected chi connectivity index (χ0v) is 12.9. The predicted molar refractivity (Wildman–Crippen MR) is 80.9 cm³/mol. The summed E-state index contributed by atoms with van der Waals surface area (Å²) in [5.41, 5.74) is 0. The lowest BCUT2D eigenvalue weighted by Gasteiger charge is -2.23. The van der Waals surface area contributed by atoms with Gasteiger partial charge in [-0.25, -0.2) is 0 Å². The Bertz CT molecular complexity index is 584. The third-order valence-electron chi connectivity index (χ3n) is 3.66. The van der Waals surface area contributed by atoms with E-state index in [2.05, 4.69) is 19.1 Å². The van der Waals surface area contributed by atoms with Gasteiger partial charge in [-0.15, -0.1) is 11.3 Å². The zero-order valence-electron chi connectivity index (χ0n) is 12.1. The van der Waals surface area contributed by atoms with Crippen LogP contribution in [0.2, 0.25) is 0 Å². The van der Waals surface area contributed by atoms with Crippen LogP contribution in [-0.4, -0.2) is 24.0 Å². The largest absolute Gasteiger partial charge is 0.467 e. The van der Waals surface area contributed by atoms with E-state index in [1.165, 1.54) is 9.75 Å². The second-order valence-electron chi connectivity index (χ2n) is 5.35. The van der Waals surface area contributed by atoms with Gasteiger partial charge >= 0.3 is 0 Å². The number of carbonyl (C=O) groups is 1. The molecule has 0 aliphatic carbocycles. The van der Waals surface area contributed by atoms with E-state index < -0.39 is 0 Å². The number of carbonyl (C=O) groups excluding carboxylic acids is 1. The number of hydrogen-bond donors (Lipinski definition) is 0. The van der Waals surface area contributed by atoms with Crippen LogP contribution < -0.4 is 0 Å². The normalized spacial score (nSPS) is 18.0. The van der Waals surface area contributed by atoms with Crippen molar-refractivity contribution in [1.29, 1.82) is 0 Å². The predicted octanol–water partition coefficient (Wildman–Crippen LogP) is 3.21. The van der Waals surface area contributed by atoms with Gasteiger partial charge in [-0.1, -0.05) is 0 Å². The van der Waals surface area contributed by atoms with Gasteiger partial charge in [0.15, 0.2) is 0 Å². The fourth-order valence-corrected chi connectivity index (χ4v) is 3.45. The highest BCUT2D eigenvalue weighted by Gasteiger charge is 2.28. The fraction of sp³-hybridized carbons (Fsp3) is 0.438. The number of nitrogens with zero attached hydrogens (tertiary/aromatic N) is 1. The van der Waals surface area contributed by atoms with Gasteiger partial charge in [0, 0.05) is 16.4 Å². The minimum atomic E-state index is -0.0129. The van der Waals surface area contributed by atoms with Gasteiger partial charge in [-0.05, 0) is 37.6 Å². The minimum Gasteiger partial charge on any atom is -0.467 e. The van der Waals surface area contributed by atoms with Crippen LogP contribution in [0, 0.1) is 12.8 Å².